The monoisotopic (exact) mass is 438 g/mol. The first-order valence-electron chi connectivity index (χ1n) is 9.77. The topological polar surface area (TPSA) is 125 Å². The van der Waals surface area contributed by atoms with Crippen molar-refractivity contribution < 1.29 is 9.13 Å². The molecule has 31 heavy (non-hydrogen) atoms. The number of rotatable bonds is 7. The highest BCUT2D eigenvalue weighted by molar-refractivity contribution is 7.11. The summed E-state index contributed by atoms with van der Waals surface area (Å²) in [5.74, 6) is -0.426. The van der Waals surface area contributed by atoms with Crippen molar-refractivity contribution in [3.05, 3.63) is 52.0 Å². The smallest absolute Gasteiger partial charge is 0.257 e. The highest BCUT2D eigenvalue weighted by Crippen LogP contribution is 2.47. The van der Waals surface area contributed by atoms with Gasteiger partial charge in [0.05, 0.1) is 24.2 Å². The number of pyridine rings is 2. The lowest BCUT2D eigenvalue weighted by Crippen LogP contribution is -2.11. The van der Waals surface area contributed by atoms with Crippen LogP contribution in [0.2, 0.25) is 0 Å². The van der Waals surface area contributed by atoms with Crippen LogP contribution in [0.15, 0.2) is 30.5 Å². The molecule has 0 aliphatic heterocycles. The summed E-state index contributed by atoms with van der Waals surface area (Å²) in [5.41, 5.74) is 8.46. The number of aryl methyl sites for hydroxylation is 1. The summed E-state index contributed by atoms with van der Waals surface area (Å²) < 4.78 is 20.5. The molecular weight excluding hydrogens is 419 g/mol. The predicted molar refractivity (Wildman–Crippen MR) is 114 cm³/mol. The largest absolute Gasteiger partial charge is 0.475 e. The van der Waals surface area contributed by atoms with Gasteiger partial charge >= 0.3 is 0 Å². The predicted octanol–water partition coefficient (Wildman–Crippen LogP) is 3.10. The SMILES string of the molecule is Cc1nnc(CNc2nc(N)nc(OCC3CC3c3ccc4ncccc4n3)c2F)s1. The maximum absolute atomic E-state index is 14.8. The van der Waals surface area contributed by atoms with Crippen LogP contribution >= 0.6 is 11.3 Å². The zero-order chi connectivity index (χ0) is 21.4. The van der Waals surface area contributed by atoms with E-state index >= 15 is 0 Å². The molecule has 1 saturated carbocycles. The van der Waals surface area contributed by atoms with E-state index in [-0.39, 0.29) is 36.0 Å². The van der Waals surface area contributed by atoms with Crippen LogP contribution in [0.5, 0.6) is 5.88 Å². The molecule has 11 heteroatoms. The Kier molecular flexibility index (Phi) is 5.02. The third kappa shape index (κ3) is 4.22. The van der Waals surface area contributed by atoms with Crippen LogP contribution in [-0.4, -0.2) is 36.7 Å². The number of halogens is 1. The van der Waals surface area contributed by atoms with Crippen LogP contribution in [0.3, 0.4) is 0 Å². The van der Waals surface area contributed by atoms with E-state index in [9.17, 15) is 4.39 Å². The van der Waals surface area contributed by atoms with Crippen molar-refractivity contribution in [2.24, 2.45) is 5.92 Å². The van der Waals surface area contributed by atoms with Crippen LogP contribution in [0.25, 0.3) is 11.0 Å². The van der Waals surface area contributed by atoms with Crippen molar-refractivity contribution in [3.63, 3.8) is 0 Å². The Morgan fingerprint density at radius 1 is 1.19 bits per heavy atom. The summed E-state index contributed by atoms with van der Waals surface area (Å²) in [6, 6.07) is 7.76. The molecule has 158 valence electrons. The first kappa shape index (κ1) is 19.5. The molecule has 4 heterocycles. The summed E-state index contributed by atoms with van der Waals surface area (Å²) in [7, 11) is 0. The second-order valence-corrected chi connectivity index (χ2v) is 8.58. The number of fused-ring (bicyclic) bond motifs is 1. The molecular formula is C20H19FN8OS. The molecule has 0 radical (unpaired) electrons. The Hall–Kier alpha value is -3.47. The molecule has 1 aliphatic rings. The van der Waals surface area contributed by atoms with E-state index in [1.807, 2.05) is 31.2 Å². The summed E-state index contributed by atoms with van der Waals surface area (Å²) in [4.78, 5) is 16.8. The number of anilines is 2. The normalized spacial score (nSPS) is 17.6. The van der Waals surface area contributed by atoms with Gasteiger partial charge in [0, 0.05) is 23.7 Å². The lowest BCUT2D eigenvalue weighted by atomic mass is 10.2. The molecule has 2 atom stereocenters. The average Bonchev–Trinajstić information content (AvgIpc) is 3.44. The van der Waals surface area contributed by atoms with E-state index in [1.165, 1.54) is 11.3 Å². The number of nitrogens with two attached hydrogens (primary N) is 1. The number of hydrogen-bond donors (Lipinski definition) is 2. The molecule has 1 aliphatic carbocycles. The molecule has 5 rings (SSSR count). The fourth-order valence-corrected chi connectivity index (χ4v) is 4.03. The first-order valence-corrected chi connectivity index (χ1v) is 10.6. The second kappa shape index (κ2) is 7.99. The fraction of sp³-hybridized carbons (Fsp3) is 0.300. The van der Waals surface area contributed by atoms with Crippen molar-refractivity contribution in [1.29, 1.82) is 0 Å². The zero-order valence-corrected chi connectivity index (χ0v) is 17.4. The highest BCUT2D eigenvalue weighted by atomic mass is 32.1. The number of hydrogen-bond acceptors (Lipinski definition) is 10. The van der Waals surface area contributed by atoms with Gasteiger partial charge in [0.1, 0.15) is 10.0 Å². The minimum atomic E-state index is -0.678. The van der Waals surface area contributed by atoms with Crippen molar-refractivity contribution in [1.82, 2.24) is 30.1 Å². The number of ether oxygens (including phenoxy) is 1. The Labute approximate surface area is 181 Å². The number of nitrogen functional groups attached to an aromatic ring is 1. The van der Waals surface area contributed by atoms with Gasteiger partial charge in [-0.25, -0.2) is 0 Å². The van der Waals surface area contributed by atoms with Crippen LogP contribution in [0.1, 0.15) is 28.0 Å². The third-order valence-corrected chi connectivity index (χ3v) is 5.87. The fourth-order valence-electron chi connectivity index (χ4n) is 3.38. The van der Waals surface area contributed by atoms with E-state index in [1.54, 1.807) is 6.20 Å². The molecule has 3 N–H and O–H groups in total. The van der Waals surface area contributed by atoms with Gasteiger partial charge in [0.25, 0.3) is 5.88 Å². The molecule has 0 aromatic carbocycles. The van der Waals surface area contributed by atoms with Crippen molar-refractivity contribution >= 4 is 34.1 Å². The number of aromatic nitrogens is 6. The lowest BCUT2D eigenvalue weighted by Gasteiger charge is -2.10. The van der Waals surface area contributed by atoms with Gasteiger partial charge in [0.15, 0.2) is 5.82 Å². The minimum absolute atomic E-state index is 0.0219. The molecule has 9 nitrogen and oxygen atoms in total. The van der Waals surface area contributed by atoms with Crippen LogP contribution in [0.4, 0.5) is 16.2 Å². The Morgan fingerprint density at radius 3 is 2.94 bits per heavy atom. The average molecular weight is 438 g/mol. The molecule has 0 amide bonds. The summed E-state index contributed by atoms with van der Waals surface area (Å²) in [5, 5.41) is 12.4. The Bertz CT molecular complexity index is 1250. The maximum Gasteiger partial charge on any atom is 0.257 e. The quantitative estimate of drug-likeness (QED) is 0.448. The molecule has 4 aromatic rings. The van der Waals surface area contributed by atoms with Gasteiger partial charge in [-0.2, -0.15) is 14.4 Å². The van der Waals surface area contributed by atoms with Crippen LogP contribution in [0, 0.1) is 18.7 Å². The van der Waals surface area contributed by atoms with Gasteiger partial charge in [-0.1, -0.05) is 11.3 Å². The summed E-state index contributed by atoms with van der Waals surface area (Å²) in [6.45, 7) is 2.46. The van der Waals surface area contributed by atoms with E-state index in [0.29, 0.717) is 6.61 Å². The van der Waals surface area contributed by atoms with Gasteiger partial charge in [-0.05, 0) is 37.6 Å². The van der Waals surface area contributed by atoms with E-state index in [0.717, 1.165) is 33.2 Å². The van der Waals surface area contributed by atoms with E-state index < -0.39 is 5.82 Å². The van der Waals surface area contributed by atoms with Gasteiger partial charge in [0.2, 0.25) is 11.8 Å². The molecule has 1 fully saturated rings. The molecule has 0 saturated heterocycles. The van der Waals surface area contributed by atoms with Crippen molar-refractivity contribution in [3.8, 4) is 5.88 Å². The lowest BCUT2D eigenvalue weighted by molar-refractivity contribution is 0.271. The van der Waals surface area contributed by atoms with Gasteiger partial charge in [-0.3, -0.25) is 9.97 Å². The second-order valence-electron chi connectivity index (χ2n) is 7.31. The Morgan fingerprint density at radius 2 is 2.10 bits per heavy atom. The number of nitrogens with one attached hydrogen (secondary N) is 1. The third-order valence-electron chi connectivity index (χ3n) is 5.03. The molecule has 2 unspecified atom stereocenters. The van der Waals surface area contributed by atoms with Crippen LogP contribution < -0.4 is 15.8 Å². The van der Waals surface area contributed by atoms with Gasteiger partial charge in [-0.15, -0.1) is 10.2 Å². The standard InChI is InChI=1S/C20H19FN8OS/c1-10-28-29-16(31-10)8-24-18-17(21)19(27-20(22)26-18)30-9-11-7-12(11)13-4-5-14-15(25-13)3-2-6-23-14/h2-6,11-12H,7-9H2,1H3,(H3,22,24,26,27). The Balaban J connectivity index is 1.23. The van der Waals surface area contributed by atoms with E-state index in [4.69, 9.17) is 10.5 Å². The summed E-state index contributed by atoms with van der Waals surface area (Å²) >= 11 is 1.42. The van der Waals surface area contributed by atoms with Crippen molar-refractivity contribution in [2.45, 2.75) is 25.8 Å². The van der Waals surface area contributed by atoms with Gasteiger partial charge < -0.3 is 15.8 Å². The molecule has 0 bridgehead atoms. The number of nitrogens with zero attached hydrogens (tertiary/aromatic N) is 6. The first-order chi connectivity index (χ1) is 15.1. The molecule has 4 aromatic heterocycles. The maximum atomic E-state index is 14.8. The van der Waals surface area contributed by atoms with Crippen molar-refractivity contribution in [2.75, 3.05) is 17.7 Å². The minimum Gasteiger partial charge on any atom is -0.475 e. The zero-order valence-electron chi connectivity index (χ0n) is 16.6. The van der Waals surface area contributed by atoms with Crippen LogP contribution in [-0.2, 0) is 6.54 Å². The molecule has 0 spiro atoms. The van der Waals surface area contributed by atoms with E-state index in [2.05, 4.69) is 35.5 Å². The summed E-state index contributed by atoms with van der Waals surface area (Å²) in [6.07, 6.45) is 2.67. The highest BCUT2D eigenvalue weighted by Gasteiger charge is 2.40.